The van der Waals surface area contributed by atoms with Crippen LogP contribution in [0.5, 0.6) is 0 Å². The van der Waals surface area contributed by atoms with Gasteiger partial charge in [0, 0.05) is 16.1 Å². The average Bonchev–Trinajstić information content (AvgIpc) is 2.41. The van der Waals surface area contributed by atoms with Crippen LogP contribution in [0.25, 0.3) is 0 Å². The first kappa shape index (κ1) is 16.5. The van der Waals surface area contributed by atoms with Crippen LogP contribution in [0.3, 0.4) is 0 Å². The molecule has 3 unspecified atom stereocenters. The van der Waals surface area contributed by atoms with Gasteiger partial charge in [-0.2, -0.15) is 0 Å². The van der Waals surface area contributed by atoms with Crippen molar-refractivity contribution in [1.29, 1.82) is 0 Å². The van der Waals surface area contributed by atoms with Crippen LogP contribution in [0, 0.1) is 24.7 Å². The molecule has 1 aliphatic carbocycles. The molecule has 1 aromatic rings. The predicted molar refractivity (Wildman–Crippen MR) is 91.5 cm³/mol. The Balaban J connectivity index is 2.10. The van der Waals surface area contributed by atoms with Gasteiger partial charge in [-0.25, -0.2) is 0 Å². The Labute approximate surface area is 136 Å². The second-order valence-electron chi connectivity index (χ2n) is 6.87. The highest BCUT2D eigenvalue weighted by atomic mass is 79.9. The molecule has 0 bridgehead atoms. The van der Waals surface area contributed by atoms with Gasteiger partial charge in [-0.15, -0.1) is 0 Å². The van der Waals surface area contributed by atoms with E-state index in [1.807, 2.05) is 25.1 Å². The molecule has 2 rings (SSSR count). The summed E-state index contributed by atoms with van der Waals surface area (Å²) < 4.78 is 1.05. The van der Waals surface area contributed by atoms with Crippen LogP contribution in [0.15, 0.2) is 22.7 Å². The molecule has 116 valence electrons. The summed E-state index contributed by atoms with van der Waals surface area (Å²) in [4.78, 5) is 12.5. The van der Waals surface area contributed by atoms with Gasteiger partial charge < -0.3 is 5.32 Å². The van der Waals surface area contributed by atoms with Gasteiger partial charge in [-0.05, 0) is 61.3 Å². The molecule has 1 aromatic carbocycles. The minimum atomic E-state index is 0.0651. The molecule has 21 heavy (non-hydrogen) atoms. The van der Waals surface area contributed by atoms with E-state index in [1.165, 1.54) is 12.8 Å². The van der Waals surface area contributed by atoms with Crippen LogP contribution in [-0.4, -0.2) is 11.9 Å². The maximum atomic E-state index is 12.5. The SMILES string of the molecule is Cc1cc(C(=O)NC2CC(C)CCC2C(C)C)ccc1Br. The van der Waals surface area contributed by atoms with E-state index in [0.717, 1.165) is 22.0 Å². The Bertz CT molecular complexity index is 512. The summed E-state index contributed by atoms with van der Waals surface area (Å²) in [6.07, 6.45) is 3.61. The van der Waals surface area contributed by atoms with Crippen molar-refractivity contribution in [3.63, 3.8) is 0 Å². The molecule has 0 heterocycles. The monoisotopic (exact) mass is 351 g/mol. The van der Waals surface area contributed by atoms with Crippen molar-refractivity contribution in [3.05, 3.63) is 33.8 Å². The summed E-state index contributed by atoms with van der Waals surface area (Å²) in [5, 5.41) is 3.29. The number of nitrogens with one attached hydrogen (secondary N) is 1. The average molecular weight is 352 g/mol. The minimum absolute atomic E-state index is 0.0651. The maximum absolute atomic E-state index is 12.5. The lowest BCUT2D eigenvalue weighted by Gasteiger charge is -2.37. The fraction of sp³-hybridized carbons (Fsp3) is 0.611. The number of carbonyl (C=O) groups excluding carboxylic acids is 1. The molecule has 0 saturated heterocycles. The second-order valence-corrected chi connectivity index (χ2v) is 7.72. The van der Waals surface area contributed by atoms with Crippen LogP contribution in [0.1, 0.15) is 56.0 Å². The Morgan fingerprint density at radius 3 is 2.67 bits per heavy atom. The molecule has 2 nitrogen and oxygen atoms in total. The number of halogens is 1. The molecule has 3 heteroatoms. The number of hydrogen-bond acceptors (Lipinski definition) is 1. The molecule has 0 spiro atoms. The van der Waals surface area contributed by atoms with Gasteiger partial charge in [0.15, 0.2) is 0 Å². The zero-order chi connectivity index (χ0) is 15.6. The third-order valence-corrected chi connectivity index (χ3v) is 5.65. The Kier molecular flexibility index (Phi) is 5.48. The van der Waals surface area contributed by atoms with E-state index in [2.05, 4.69) is 42.0 Å². The first-order valence-corrected chi connectivity index (χ1v) is 8.74. The van der Waals surface area contributed by atoms with Gasteiger partial charge in [0.1, 0.15) is 0 Å². The molecule has 1 saturated carbocycles. The van der Waals surface area contributed by atoms with E-state index >= 15 is 0 Å². The summed E-state index contributed by atoms with van der Waals surface area (Å²) >= 11 is 3.48. The lowest BCUT2D eigenvalue weighted by atomic mass is 9.74. The standard InChI is InChI=1S/C18H26BrNO/c1-11(2)15-7-5-12(3)9-17(15)20-18(21)14-6-8-16(19)13(4)10-14/h6,8,10-12,15,17H,5,7,9H2,1-4H3,(H,20,21). The molecule has 3 atom stereocenters. The van der Waals surface area contributed by atoms with Crippen molar-refractivity contribution in [3.8, 4) is 0 Å². The normalized spacial score (nSPS) is 25.9. The third-order valence-electron chi connectivity index (χ3n) is 4.76. The summed E-state index contributed by atoms with van der Waals surface area (Å²) in [6.45, 7) is 8.84. The Morgan fingerprint density at radius 2 is 2.05 bits per heavy atom. The van der Waals surface area contributed by atoms with Gasteiger partial charge in [0.2, 0.25) is 0 Å². The zero-order valence-electron chi connectivity index (χ0n) is 13.4. The lowest BCUT2D eigenvalue weighted by Crippen LogP contribution is -2.45. The summed E-state index contributed by atoms with van der Waals surface area (Å²) in [7, 11) is 0. The van der Waals surface area contributed by atoms with Crippen molar-refractivity contribution in [1.82, 2.24) is 5.32 Å². The fourth-order valence-corrected chi connectivity index (χ4v) is 3.65. The van der Waals surface area contributed by atoms with E-state index in [-0.39, 0.29) is 5.91 Å². The first-order chi connectivity index (χ1) is 9.88. The molecule has 0 aromatic heterocycles. The summed E-state index contributed by atoms with van der Waals surface area (Å²) in [5.74, 6) is 1.99. The topological polar surface area (TPSA) is 29.1 Å². The lowest BCUT2D eigenvalue weighted by molar-refractivity contribution is 0.0868. The molecule has 1 N–H and O–H groups in total. The van der Waals surface area contributed by atoms with Gasteiger partial charge >= 0.3 is 0 Å². The van der Waals surface area contributed by atoms with Crippen molar-refractivity contribution in [2.75, 3.05) is 0 Å². The number of rotatable bonds is 3. The van der Waals surface area contributed by atoms with Crippen molar-refractivity contribution in [2.45, 2.75) is 53.0 Å². The van der Waals surface area contributed by atoms with Crippen LogP contribution >= 0.6 is 15.9 Å². The summed E-state index contributed by atoms with van der Waals surface area (Å²) in [5.41, 5.74) is 1.86. The van der Waals surface area contributed by atoms with Crippen LogP contribution < -0.4 is 5.32 Å². The second kappa shape index (κ2) is 6.95. The van der Waals surface area contributed by atoms with Gasteiger partial charge in [0.05, 0.1) is 0 Å². The summed E-state index contributed by atoms with van der Waals surface area (Å²) in [6, 6.07) is 6.11. The number of aryl methyl sites for hydroxylation is 1. The van der Waals surface area contributed by atoms with E-state index in [1.54, 1.807) is 0 Å². The molecular formula is C18H26BrNO. The fourth-order valence-electron chi connectivity index (χ4n) is 3.41. The van der Waals surface area contributed by atoms with Gasteiger partial charge in [-0.1, -0.05) is 43.1 Å². The van der Waals surface area contributed by atoms with Gasteiger partial charge in [-0.3, -0.25) is 4.79 Å². The predicted octanol–water partition coefficient (Wildman–Crippen LogP) is 4.95. The highest BCUT2D eigenvalue weighted by Crippen LogP contribution is 2.33. The Morgan fingerprint density at radius 1 is 1.33 bits per heavy atom. The zero-order valence-corrected chi connectivity index (χ0v) is 15.0. The quantitative estimate of drug-likeness (QED) is 0.820. The number of hydrogen-bond donors (Lipinski definition) is 1. The maximum Gasteiger partial charge on any atom is 0.251 e. The van der Waals surface area contributed by atoms with Crippen molar-refractivity contribution < 1.29 is 4.79 Å². The largest absolute Gasteiger partial charge is 0.349 e. The first-order valence-electron chi connectivity index (χ1n) is 7.95. The van der Waals surface area contributed by atoms with Crippen LogP contribution in [-0.2, 0) is 0 Å². The molecule has 1 amide bonds. The molecular weight excluding hydrogens is 326 g/mol. The molecule has 1 fully saturated rings. The molecule has 0 radical (unpaired) electrons. The highest BCUT2D eigenvalue weighted by molar-refractivity contribution is 9.10. The smallest absolute Gasteiger partial charge is 0.251 e. The van der Waals surface area contributed by atoms with Gasteiger partial charge in [0.25, 0.3) is 5.91 Å². The van der Waals surface area contributed by atoms with Crippen molar-refractivity contribution in [2.24, 2.45) is 17.8 Å². The number of carbonyl (C=O) groups is 1. The van der Waals surface area contributed by atoms with Crippen LogP contribution in [0.2, 0.25) is 0 Å². The van der Waals surface area contributed by atoms with E-state index in [9.17, 15) is 4.79 Å². The number of amides is 1. The molecule has 1 aliphatic rings. The minimum Gasteiger partial charge on any atom is -0.349 e. The van der Waals surface area contributed by atoms with Crippen molar-refractivity contribution >= 4 is 21.8 Å². The number of benzene rings is 1. The van der Waals surface area contributed by atoms with E-state index in [4.69, 9.17) is 0 Å². The molecule has 0 aliphatic heterocycles. The highest BCUT2D eigenvalue weighted by Gasteiger charge is 2.31. The Hall–Kier alpha value is -0.830. The van der Waals surface area contributed by atoms with E-state index in [0.29, 0.717) is 23.8 Å². The van der Waals surface area contributed by atoms with E-state index < -0.39 is 0 Å². The third kappa shape index (κ3) is 4.09. The van der Waals surface area contributed by atoms with Crippen LogP contribution in [0.4, 0.5) is 0 Å².